The average molecular weight is 331 g/mol. The number of aromatic nitrogens is 1. The highest BCUT2D eigenvalue weighted by molar-refractivity contribution is 6.37. The number of rotatable bonds is 7. The lowest BCUT2D eigenvalue weighted by Crippen LogP contribution is -2.54. The number of halogens is 2. The van der Waals surface area contributed by atoms with Gasteiger partial charge in [-0.25, -0.2) is 4.98 Å². The number of nitrogens with zero attached hydrogens (tertiary/aromatic N) is 2. The molecule has 0 bridgehead atoms. The van der Waals surface area contributed by atoms with E-state index in [0.29, 0.717) is 21.7 Å². The molecule has 0 amide bonds. The smallest absolute Gasteiger partial charge is 0.147 e. The van der Waals surface area contributed by atoms with Crippen molar-refractivity contribution in [2.24, 2.45) is 0 Å². The van der Waals surface area contributed by atoms with Crippen molar-refractivity contribution in [2.45, 2.75) is 38.1 Å². The predicted molar refractivity (Wildman–Crippen MR) is 91.8 cm³/mol. The number of nitrogens with one attached hydrogen (secondary N) is 2. The Kier molecular flexibility index (Phi) is 5.58. The van der Waals surface area contributed by atoms with Gasteiger partial charge >= 0.3 is 0 Å². The summed E-state index contributed by atoms with van der Waals surface area (Å²) in [4.78, 5) is 6.82. The highest BCUT2D eigenvalue weighted by atomic mass is 35.5. The molecule has 1 aliphatic rings. The van der Waals surface area contributed by atoms with Crippen molar-refractivity contribution in [2.75, 3.05) is 37.8 Å². The molecule has 1 aromatic rings. The molecule has 1 aliphatic carbocycles. The summed E-state index contributed by atoms with van der Waals surface area (Å²) < 4.78 is 0. The molecular weight excluding hydrogens is 307 g/mol. The van der Waals surface area contributed by atoms with Crippen LogP contribution in [0.5, 0.6) is 0 Å². The van der Waals surface area contributed by atoms with Crippen LogP contribution in [0.4, 0.5) is 11.6 Å². The van der Waals surface area contributed by atoms with Crippen molar-refractivity contribution < 1.29 is 0 Å². The van der Waals surface area contributed by atoms with Crippen molar-refractivity contribution in [1.82, 2.24) is 9.88 Å². The van der Waals surface area contributed by atoms with E-state index in [1.54, 1.807) is 6.07 Å². The van der Waals surface area contributed by atoms with E-state index in [4.69, 9.17) is 23.2 Å². The fourth-order valence-electron chi connectivity index (χ4n) is 2.57. The van der Waals surface area contributed by atoms with E-state index in [0.717, 1.165) is 19.5 Å². The van der Waals surface area contributed by atoms with Crippen LogP contribution in [0.1, 0.15) is 32.6 Å². The Morgan fingerprint density at radius 2 is 1.81 bits per heavy atom. The SMILES string of the molecule is CCCNc1nc(NCC2(N(C)C)CCC2)c(Cl)cc1Cl. The molecule has 4 nitrogen and oxygen atoms in total. The summed E-state index contributed by atoms with van der Waals surface area (Å²) in [5, 5.41) is 7.75. The summed E-state index contributed by atoms with van der Waals surface area (Å²) in [6, 6.07) is 1.75. The van der Waals surface area contributed by atoms with Gasteiger partial charge in [-0.15, -0.1) is 0 Å². The second kappa shape index (κ2) is 7.03. The summed E-state index contributed by atoms with van der Waals surface area (Å²) in [7, 11) is 4.26. The largest absolute Gasteiger partial charge is 0.369 e. The van der Waals surface area contributed by atoms with Crippen molar-refractivity contribution >= 4 is 34.8 Å². The van der Waals surface area contributed by atoms with Crippen molar-refractivity contribution in [3.63, 3.8) is 0 Å². The summed E-state index contributed by atoms with van der Waals surface area (Å²) in [5.74, 6) is 1.39. The molecule has 0 aliphatic heterocycles. The molecule has 0 radical (unpaired) electrons. The van der Waals surface area contributed by atoms with Crippen LogP contribution < -0.4 is 10.6 Å². The normalized spacial score (nSPS) is 16.7. The number of hydrogen-bond acceptors (Lipinski definition) is 4. The Balaban J connectivity index is 2.08. The molecule has 0 spiro atoms. The number of hydrogen-bond donors (Lipinski definition) is 2. The van der Waals surface area contributed by atoms with E-state index < -0.39 is 0 Å². The molecule has 0 aromatic carbocycles. The monoisotopic (exact) mass is 330 g/mol. The molecule has 1 aromatic heterocycles. The molecule has 1 heterocycles. The predicted octanol–water partition coefficient (Wildman–Crippen LogP) is 4.11. The molecule has 1 fully saturated rings. The standard InChI is InChI=1S/C15H24Cl2N4/c1-4-8-18-13-11(16)9-12(17)14(20-13)19-10-15(21(2)3)6-5-7-15/h9H,4-8,10H2,1-3H3,(H2,18,19,20). The van der Waals surface area contributed by atoms with E-state index in [2.05, 4.69) is 41.5 Å². The Labute approximate surface area is 137 Å². The Morgan fingerprint density at radius 3 is 2.29 bits per heavy atom. The van der Waals surface area contributed by atoms with Gasteiger partial charge in [-0.3, -0.25) is 0 Å². The minimum Gasteiger partial charge on any atom is -0.369 e. The van der Waals surface area contributed by atoms with E-state index >= 15 is 0 Å². The van der Waals surface area contributed by atoms with Crippen LogP contribution in [0, 0.1) is 0 Å². The zero-order valence-electron chi connectivity index (χ0n) is 13.0. The fraction of sp³-hybridized carbons (Fsp3) is 0.667. The van der Waals surface area contributed by atoms with Gasteiger partial charge in [-0.1, -0.05) is 30.1 Å². The minimum atomic E-state index is 0.224. The highest BCUT2D eigenvalue weighted by Gasteiger charge is 2.38. The third-order valence-electron chi connectivity index (χ3n) is 4.29. The average Bonchev–Trinajstić information content (AvgIpc) is 2.38. The van der Waals surface area contributed by atoms with Gasteiger partial charge in [-0.2, -0.15) is 0 Å². The lowest BCUT2D eigenvalue weighted by Gasteiger charge is -2.47. The van der Waals surface area contributed by atoms with Gasteiger partial charge in [0.05, 0.1) is 10.0 Å². The third kappa shape index (κ3) is 3.74. The zero-order chi connectivity index (χ0) is 15.5. The molecule has 2 N–H and O–H groups in total. The molecule has 118 valence electrons. The van der Waals surface area contributed by atoms with Crippen molar-refractivity contribution in [1.29, 1.82) is 0 Å². The van der Waals surface area contributed by atoms with E-state index in [-0.39, 0.29) is 5.54 Å². The quantitative estimate of drug-likeness (QED) is 0.789. The van der Waals surface area contributed by atoms with Gasteiger partial charge in [-0.05, 0) is 45.8 Å². The summed E-state index contributed by atoms with van der Waals surface area (Å²) in [6.45, 7) is 3.80. The molecule has 6 heteroatoms. The van der Waals surface area contributed by atoms with Crippen LogP contribution >= 0.6 is 23.2 Å². The zero-order valence-corrected chi connectivity index (χ0v) is 14.5. The number of likely N-dealkylation sites (N-methyl/N-ethyl adjacent to an activating group) is 1. The van der Waals surface area contributed by atoms with E-state index in [9.17, 15) is 0 Å². The second-order valence-electron chi connectivity index (χ2n) is 5.90. The first-order chi connectivity index (χ1) is 9.98. The Bertz CT molecular complexity index is 487. The van der Waals surface area contributed by atoms with Gasteiger partial charge in [0.25, 0.3) is 0 Å². The minimum absolute atomic E-state index is 0.224. The molecule has 1 saturated carbocycles. The number of anilines is 2. The lowest BCUT2D eigenvalue weighted by molar-refractivity contribution is 0.0738. The Morgan fingerprint density at radius 1 is 1.19 bits per heavy atom. The number of pyridine rings is 1. The van der Waals surface area contributed by atoms with Crippen molar-refractivity contribution in [3.8, 4) is 0 Å². The van der Waals surface area contributed by atoms with Gasteiger partial charge in [0.15, 0.2) is 0 Å². The maximum Gasteiger partial charge on any atom is 0.147 e. The summed E-state index contributed by atoms with van der Waals surface area (Å²) >= 11 is 12.4. The maximum absolute atomic E-state index is 6.25. The van der Waals surface area contributed by atoms with Gasteiger partial charge in [0.1, 0.15) is 11.6 Å². The maximum atomic E-state index is 6.25. The first-order valence-corrected chi connectivity index (χ1v) is 8.25. The first-order valence-electron chi connectivity index (χ1n) is 7.50. The van der Waals surface area contributed by atoms with Crippen LogP contribution in [0.15, 0.2) is 6.07 Å². The van der Waals surface area contributed by atoms with Crippen LogP contribution in [-0.4, -0.2) is 42.6 Å². The van der Waals surface area contributed by atoms with Crippen LogP contribution in [-0.2, 0) is 0 Å². The van der Waals surface area contributed by atoms with Gasteiger partial charge in [0.2, 0.25) is 0 Å². The highest BCUT2D eigenvalue weighted by Crippen LogP contribution is 2.37. The van der Waals surface area contributed by atoms with E-state index in [1.807, 2.05) is 0 Å². The van der Waals surface area contributed by atoms with E-state index in [1.165, 1.54) is 19.3 Å². The molecule has 2 rings (SSSR count). The van der Waals surface area contributed by atoms with Crippen LogP contribution in [0.2, 0.25) is 10.0 Å². The topological polar surface area (TPSA) is 40.2 Å². The third-order valence-corrected chi connectivity index (χ3v) is 4.87. The molecule has 21 heavy (non-hydrogen) atoms. The van der Waals surface area contributed by atoms with Crippen LogP contribution in [0.3, 0.4) is 0 Å². The van der Waals surface area contributed by atoms with Crippen LogP contribution in [0.25, 0.3) is 0 Å². The first kappa shape index (κ1) is 16.7. The summed E-state index contributed by atoms with van der Waals surface area (Å²) in [5.41, 5.74) is 0.224. The summed E-state index contributed by atoms with van der Waals surface area (Å²) in [6.07, 6.45) is 4.72. The van der Waals surface area contributed by atoms with Gasteiger partial charge < -0.3 is 15.5 Å². The molecule has 0 saturated heterocycles. The van der Waals surface area contributed by atoms with Crippen molar-refractivity contribution in [3.05, 3.63) is 16.1 Å². The molecule has 0 atom stereocenters. The van der Waals surface area contributed by atoms with Gasteiger partial charge in [0, 0.05) is 18.6 Å². The Hall–Kier alpha value is -0.710. The fourth-order valence-corrected chi connectivity index (χ4v) is 3.07. The second-order valence-corrected chi connectivity index (χ2v) is 6.72. The lowest BCUT2D eigenvalue weighted by atomic mass is 9.75. The molecular formula is C15H24Cl2N4. The molecule has 0 unspecified atom stereocenters.